The zero-order chi connectivity index (χ0) is 17.4. The summed E-state index contributed by atoms with van der Waals surface area (Å²) in [5.74, 6) is -1.24. The van der Waals surface area contributed by atoms with Gasteiger partial charge in [-0.3, -0.25) is 14.8 Å². The Hall–Kier alpha value is -3.00. The Morgan fingerprint density at radius 3 is 2.92 bits per heavy atom. The van der Waals surface area contributed by atoms with Gasteiger partial charge in [-0.2, -0.15) is 5.10 Å². The predicted octanol–water partition coefficient (Wildman–Crippen LogP) is 2.12. The molecule has 1 atom stereocenters. The Morgan fingerprint density at radius 1 is 1.36 bits per heavy atom. The molecule has 1 unspecified atom stereocenters. The van der Waals surface area contributed by atoms with Gasteiger partial charge >= 0.3 is 5.97 Å². The Morgan fingerprint density at radius 2 is 2.16 bits per heavy atom. The number of H-pyrrole nitrogens is 2. The molecule has 25 heavy (non-hydrogen) atoms. The van der Waals surface area contributed by atoms with Crippen molar-refractivity contribution in [1.29, 1.82) is 0 Å². The lowest BCUT2D eigenvalue weighted by molar-refractivity contribution is -0.144. The second-order valence-corrected chi connectivity index (χ2v) is 6.00. The van der Waals surface area contributed by atoms with Gasteiger partial charge in [-0.1, -0.05) is 0 Å². The van der Waals surface area contributed by atoms with Crippen LogP contribution in [0.5, 0.6) is 0 Å². The van der Waals surface area contributed by atoms with Crippen LogP contribution >= 0.6 is 0 Å². The van der Waals surface area contributed by atoms with Gasteiger partial charge in [0.2, 0.25) is 0 Å². The minimum Gasteiger partial charge on any atom is -0.480 e. The van der Waals surface area contributed by atoms with Crippen LogP contribution in [0.2, 0.25) is 0 Å². The smallest absolute Gasteiger partial charge is 0.327 e. The van der Waals surface area contributed by atoms with Crippen molar-refractivity contribution in [3.05, 3.63) is 59.6 Å². The summed E-state index contributed by atoms with van der Waals surface area (Å²) in [6.45, 7) is 1.01. The molecule has 8 heteroatoms. The van der Waals surface area contributed by atoms with E-state index in [1.165, 1.54) is 18.5 Å². The molecular weight excluding hydrogens is 325 g/mol. The lowest BCUT2D eigenvalue weighted by Crippen LogP contribution is -2.39. The molecule has 1 aromatic carbocycles. The van der Waals surface area contributed by atoms with E-state index in [4.69, 9.17) is 0 Å². The van der Waals surface area contributed by atoms with E-state index in [-0.39, 0.29) is 5.82 Å². The first-order valence-electron chi connectivity index (χ1n) is 7.90. The minimum absolute atomic E-state index is 0.308. The molecular formula is C17H16FN5O2. The monoisotopic (exact) mass is 341 g/mol. The van der Waals surface area contributed by atoms with Crippen molar-refractivity contribution < 1.29 is 14.3 Å². The zero-order valence-electron chi connectivity index (χ0n) is 13.2. The van der Waals surface area contributed by atoms with E-state index >= 15 is 0 Å². The van der Waals surface area contributed by atoms with Gasteiger partial charge in [0.15, 0.2) is 6.04 Å². The minimum atomic E-state index is -0.931. The maximum Gasteiger partial charge on any atom is 0.327 e. The van der Waals surface area contributed by atoms with Crippen molar-refractivity contribution in [3.8, 4) is 11.3 Å². The number of carboxylic acids is 1. The van der Waals surface area contributed by atoms with Crippen LogP contribution in [0.1, 0.15) is 23.0 Å². The number of aromatic nitrogens is 4. The summed E-state index contributed by atoms with van der Waals surface area (Å²) >= 11 is 0. The normalized spacial score (nSPS) is 17.4. The molecule has 128 valence electrons. The van der Waals surface area contributed by atoms with Crippen molar-refractivity contribution in [1.82, 2.24) is 25.1 Å². The van der Waals surface area contributed by atoms with Gasteiger partial charge in [0.05, 0.1) is 23.9 Å². The van der Waals surface area contributed by atoms with Gasteiger partial charge in [-0.05, 0) is 24.3 Å². The van der Waals surface area contributed by atoms with Crippen molar-refractivity contribution in [3.63, 3.8) is 0 Å². The van der Waals surface area contributed by atoms with Crippen LogP contribution in [0.4, 0.5) is 4.39 Å². The van der Waals surface area contributed by atoms with Gasteiger partial charge < -0.3 is 10.1 Å². The fourth-order valence-electron chi connectivity index (χ4n) is 3.28. The number of nitrogens with one attached hydrogen (secondary N) is 2. The van der Waals surface area contributed by atoms with Crippen LogP contribution in [-0.4, -0.2) is 42.7 Å². The van der Waals surface area contributed by atoms with Crippen LogP contribution in [0, 0.1) is 5.82 Å². The molecule has 0 spiro atoms. The van der Waals surface area contributed by atoms with E-state index in [2.05, 4.69) is 20.2 Å². The third-order valence-electron chi connectivity index (χ3n) is 4.48. The van der Waals surface area contributed by atoms with E-state index < -0.39 is 12.0 Å². The highest BCUT2D eigenvalue weighted by atomic mass is 19.1. The van der Waals surface area contributed by atoms with Crippen LogP contribution < -0.4 is 0 Å². The highest BCUT2D eigenvalue weighted by molar-refractivity contribution is 5.75. The second kappa shape index (κ2) is 6.14. The quantitative estimate of drug-likeness (QED) is 0.675. The first kappa shape index (κ1) is 15.5. The molecule has 0 amide bonds. The van der Waals surface area contributed by atoms with E-state index in [0.29, 0.717) is 25.2 Å². The summed E-state index contributed by atoms with van der Waals surface area (Å²) in [6.07, 6.45) is 3.92. The number of benzene rings is 1. The van der Waals surface area contributed by atoms with Gasteiger partial charge in [0.25, 0.3) is 0 Å². The van der Waals surface area contributed by atoms with Gasteiger partial charge in [0.1, 0.15) is 5.82 Å². The summed E-state index contributed by atoms with van der Waals surface area (Å²) in [7, 11) is 0. The third-order valence-corrected chi connectivity index (χ3v) is 4.48. The van der Waals surface area contributed by atoms with E-state index in [1.54, 1.807) is 18.3 Å². The maximum absolute atomic E-state index is 13.1. The molecule has 3 heterocycles. The summed E-state index contributed by atoms with van der Waals surface area (Å²) in [5, 5.41) is 16.7. The molecule has 1 aliphatic heterocycles. The Kier molecular flexibility index (Phi) is 3.81. The summed E-state index contributed by atoms with van der Waals surface area (Å²) in [5.41, 5.74) is 3.85. The number of hydrogen-bond acceptors (Lipinski definition) is 4. The number of halogens is 1. The number of carboxylic acid groups (broad SMARTS) is 1. The van der Waals surface area contributed by atoms with Gasteiger partial charge in [0, 0.05) is 36.3 Å². The Balaban J connectivity index is 1.64. The van der Waals surface area contributed by atoms with Crippen LogP contribution in [0.3, 0.4) is 0 Å². The largest absolute Gasteiger partial charge is 0.480 e. The summed E-state index contributed by atoms with van der Waals surface area (Å²) in [6, 6.07) is 5.31. The maximum atomic E-state index is 13.1. The standard InChI is InChI=1S/C17H16FN5O2/c18-12-3-1-10(2-4-12)14-11(7-21-22-14)8-23-6-5-13-15(20-9-19-13)16(23)17(24)25/h1-4,7,9,16H,5-6,8H2,(H,19,20)(H,21,22)(H,24,25). The number of fused-ring (bicyclic) bond motifs is 1. The van der Waals surface area contributed by atoms with Crippen LogP contribution in [0.25, 0.3) is 11.3 Å². The lowest BCUT2D eigenvalue weighted by atomic mass is 10.0. The molecule has 3 aromatic rings. The summed E-state index contributed by atoms with van der Waals surface area (Å²) in [4.78, 5) is 20.8. The van der Waals surface area contributed by atoms with Crippen LogP contribution in [0.15, 0.2) is 36.8 Å². The Bertz CT molecular complexity index is 902. The molecule has 0 radical (unpaired) electrons. The zero-order valence-corrected chi connectivity index (χ0v) is 13.2. The van der Waals surface area contributed by atoms with Gasteiger partial charge in [-0.15, -0.1) is 0 Å². The first-order valence-corrected chi connectivity index (χ1v) is 7.90. The van der Waals surface area contributed by atoms with Gasteiger partial charge in [-0.25, -0.2) is 9.37 Å². The number of rotatable bonds is 4. The number of aromatic amines is 2. The van der Waals surface area contributed by atoms with Crippen molar-refractivity contribution in [2.24, 2.45) is 0 Å². The lowest BCUT2D eigenvalue weighted by Gasteiger charge is -2.32. The van der Waals surface area contributed by atoms with E-state index in [0.717, 1.165) is 22.5 Å². The Labute approximate surface area is 142 Å². The second-order valence-electron chi connectivity index (χ2n) is 6.00. The first-order chi connectivity index (χ1) is 12.1. The predicted molar refractivity (Wildman–Crippen MR) is 87.1 cm³/mol. The van der Waals surface area contributed by atoms with E-state index in [1.807, 2.05) is 4.90 Å². The molecule has 0 fully saturated rings. The third kappa shape index (κ3) is 2.80. The van der Waals surface area contributed by atoms with Crippen molar-refractivity contribution >= 4 is 5.97 Å². The average Bonchev–Trinajstić information content (AvgIpc) is 3.24. The molecule has 7 nitrogen and oxygen atoms in total. The highest BCUT2D eigenvalue weighted by Crippen LogP contribution is 2.31. The summed E-state index contributed by atoms with van der Waals surface area (Å²) < 4.78 is 13.1. The molecule has 0 saturated carbocycles. The van der Waals surface area contributed by atoms with E-state index in [9.17, 15) is 14.3 Å². The van der Waals surface area contributed by atoms with Crippen molar-refractivity contribution in [2.75, 3.05) is 6.54 Å². The molecule has 4 rings (SSSR count). The molecule has 1 aliphatic rings. The fraction of sp³-hybridized carbons (Fsp3) is 0.235. The molecule has 0 aliphatic carbocycles. The highest BCUT2D eigenvalue weighted by Gasteiger charge is 2.35. The number of imidazole rings is 1. The number of nitrogens with zero attached hydrogens (tertiary/aromatic N) is 3. The topological polar surface area (TPSA) is 97.9 Å². The number of aliphatic carboxylic acids is 1. The molecule has 0 saturated heterocycles. The SMILES string of the molecule is O=C(O)C1c2nc[nH]c2CCN1Cc1cn[nH]c1-c1ccc(F)cc1. The molecule has 3 N–H and O–H groups in total. The number of carbonyl (C=O) groups is 1. The average molecular weight is 341 g/mol. The molecule has 2 aromatic heterocycles. The number of hydrogen-bond donors (Lipinski definition) is 3. The van der Waals surface area contributed by atoms with Crippen molar-refractivity contribution in [2.45, 2.75) is 19.0 Å². The molecule has 0 bridgehead atoms. The fourth-order valence-corrected chi connectivity index (χ4v) is 3.28. The van der Waals surface area contributed by atoms with Crippen LogP contribution in [-0.2, 0) is 17.8 Å².